The van der Waals surface area contributed by atoms with Crippen LogP contribution < -0.4 is 14.8 Å². The van der Waals surface area contributed by atoms with Crippen LogP contribution in [0.2, 0.25) is 0 Å². The zero-order valence-corrected chi connectivity index (χ0v) is 12.1. The Morgan fingerprint density at radius 1 is 0.944 bits per heavy atom. The number of anilines is 1. The summed E-state index contributed by atoms with van der Waals surface area (Å²) >= 11 is 0. The third-order valence-electron chi connectivity index (χ3n) is 2.94. The molecule has 3 heteroatoms. The molecular weight excluding hydrogens is 226 g/mol. The van der Waals surface area contributed by atoms with E-state index in [4.69, 9.17) is 9.47 Å². The second-order valence-electron chi connectivity index (χ2n) is 5.12. The normalized spacial score (nSPS) is 12.3. The summed E-state index contributed by atoms with van der Waals surface area (Å²) in [5.41, 5.74) is 1.04. The fraction of sp³-hybridized carbons (Fsp3) is 0.600. The standard InChI is InChI=1S/C15H25NO2/c1-11(2)6-7-12(3)16-13-8-14(17-4)10-15(9-13)18-5/h8-12,16H,6-7H2,1-5H3. The number of nitrogens with one attached hydrogen (secondary N) is 1. The van der Waals surface area contributed by atoms with Crippen LogP contribution in [0.4, 0.5) is 5.69 Å². The summed E-state index contributed by atoms with van der Waals surface area (Å²) in [5.74, 6) is 2.37. The summed E-state index contributed by atoms with van der Waals surface area (Å²) in [4.78, 5) is 0. The molecule has 0 aliphatic carbocycles. The van der Waals surface area contributed by atoms with E-state index in [-0.39, 0.29) is 0 Å². The van der Waals surface area contributed by atoms with E-state index in [0.29, 0.717) is 6.04 Å². The van der Waals surface area contributed by atoms with Crippen LogP contribution in [0.5, 0.6) is 11.5 Å². The molecule has 0 spiro atoms. The molecule has 102 valence electrons. The van der Waals surface area contributed by atoms with Crippen molar-refractivity contribution in [1.29, 1.82) is 0 Å². The molecule has 0 saturated heterocycles. The largest absolute Gasteiger partial charge is 0.497 e. The van der Waals surface area contributed by atoms with Crippen molar-refractivity contribution >= 4 is 5.69 Å². The fourth-order valence-electron chi connectivity index (χ4n) is 1.83. The molecule has 0 aromatic heterocycles. The van der Waals surface area contributed by atoms with Gasteiger partial charge in [-0.25, -0.2) is 0 Å². The van der Waals surface area contributed by atoms with E-state index in [2.05, 4.69) is 26.1 Å². The Labute approximate surface area is 110 Å². The molecule has 0 fully saturated rings. The number of ether oxygens (including phenoxy) is 2. The molecule has 18 heavy (non-hydrogen) atoms. The Morgan fingerprint density at radius 3 is 1.94 bits per heavy atom. The quantitative estimate of drug-likeness (QED) is 0.796. The average molecular weight is 251 g/mol. The lowest BCUT2D eigenvalue weighted by atomic mass is 10.0. The van der Waals surface area contributed by atoms with Crippen molar-refractivity contribution in [2.45, 2.75) is 39.7 Å². The highest BCUT2D eigenvalue weighted by molar-refractivity contribution is 5.54. The van der Waals surface area contributed by atoms with Crippen molar-refractivity contribution < 1.29 is 9.47 Å². The molecule has 0 radical (unpaired) electrons. The maximum Gasteiger partial charge on any atom is 0.124 e. The summed E-state index contributed by atoms with van der Waals surface area (Å²) in [5, 5.41) is 3.49. The third-order valence-corrected chi connectivity index (χ3v) is 2.94. The van der Waals surface area contributed by atoms with Crippen molar-refractivity contribution in [2.75, 3.05) is 19.5 Å². The lowest BCUT2D eigenvalue weighted by Gasteiger charge is -2.17. The molecule has 1 atom stereocenters. The topological polar surface area (TPSA) is 30.5 Å². The Hall–Kier alpha value is -1.38. The summed E-state index contributed by atoms with van der Waals surface area (Å²) in [7, 11) is 3.33. The number of hydrogen-bond acceptors (Lipinski definition) is 3. The van der Waals surface area contributed by atoms with E-state index in [1.807, 2.05) is 18.2 Å². The van der Waals surface area contributed by atoms with Crippen LogP contribution in [0.15, 0.2) is 18.2 Å². The highest BCUT2D eigenvalue weighted by atomic mass is 16.5. The van der Waals surface area contributed by atoms with Crippen LogP contribution in [0, 0.1) is 5.92 Å². The van der Waals surface area contributed by atoms with Crippen molar-refractivity contribution in [1.82, 2.24) is 0 Å². The minimum Gasteiger partial charge on any atom is -0.497 e. The second-order valence-corrected chi connectivity index (χ2v) is 5.12. The fourth-order valence-corrected chi connectivity index (χ4v) is 1.83. The number of benzene rings is 1. The van der Waals surface area contributed by atoms with Crippen LogP contribution in [0.1, 0.15) is 33.6 Å². The zero-order valence-electron chi connectivity index (χ0n) is 12.1. The highest BCUT2D eigenvalue weighted by Crippen LogP contribution is 2.26. The molecule has 0 amide bonds. The van der Waals surface area contributed by atoms with Gasteiger partial charge in [-0.05, 0) is 25.7 Å². The lowest BCUT2D eigenvalue weighted by molar-refractivity contribution is 0.394. The third kappa shape index (κ3) is 4.86. The first-order chi connectivity index (χ1) is 8.55. The second kappa shape index (κ2) is 7.14. The van der Waals surface area contributed by atoms with Crippen LogP contribution in [0.25, 0.3) is 0 Å². The molecule has 0 aliphatic heterocycles. The Bertz CT molecular complexity index is 341. The van der Waals surface area contributed by atoms with E-state index in [0.717, 1.165) is 29.5 Å². The van der Waals surface area contributed by atoms with E-state index in [9.17, 15) is 0 Å². The summed E-state index contributed by atoms with van der Waals surface area (Å²) < 4.78 is 10.5. The average Bonchev–Trinajstić information content (AvgIpc) is 2.35. The minimum atomic E-state index is 0.448. The molecule has 1 N–H and O–H groups in total. The predicted octanol–water partition coefficient (Wildman–Crippen LogP) is 3.94. The van der Waals surface area contributed by atoms with E-state index in [1.165, 1.54) is 6.42 Å². The van der Waals surface area contributed by atoms with Crippen molar-refractivity contribution in [2.24, 2.45) is 5.92 Å². The monoisotopic (exact) mass is 251 g/mol. The first kappa shape index (κ1) is 14.7. The van der Waals surface area contributed by atoms with Gasteiger partial charge in [-0.15, -0.1) is 0 Å². The summed E-state index contributed by atoms with van der Waals surface area (Å²) in [6.07, 6.45) is 2.40. The number of hydrogen-bond donors (Lipinski definition) is 1. The van der Waals surface area contributed by atoms with Crippen LogP contribution in [0.3, 0.4) is 0 Å². The van der Waals surface area contributed by atoms with Gasteiger partial charge in [0.15, 0.2) is 0 Å². The first-order valence-electron chi connectivity index (χ1n) is 6.54. The van der Waals surface area contributed by atoms with Crippen LogP contribution >= 0.6 is 0 Å². The molecule has 1 aromatic carbocycles. The molecule has 1 rings (SSSR count). The summed E-state index contributed by atoms with van der Waals surface area (Å²) in [6.45, 7) is 6.71. The molecule has 0 bridgehead atoms. The van der Waals surface area contributed by atoms with Crippen molar-refractivity contribution in [3.8, 4) is 11.5 Å². The van der Waals surface area contributed by atoms with E-state index in [1.54, 1.807) is 14.2 Å². The Morgan fingerprint density at radius 2 is 1.50 bits per heavy atom. The van der Waals surface area contributed by atoms with Crippen molar-refractivity contribution in [3.63, 3.8) is 0 Å². The first-order valence-corrected chi connectivity index (χ1v) is 6.54. The van der Waals surface area contributed by atoms with Crippen molar-refractivity contribution in [3.05, 3.63) is 18.2 Å². The van der Waals surface area contributed by atoms with E-state index < -0.39 is 0 Å². The van der Waals surface area contributed by atoms with Gasteiger partial charge in [0, 0.05) is 29.9 Å². The Balaban J connectivity index is 2.65. The van der Waals surface area contributed by atoms with Gasteiger partial charge in [0.1, 0.15) is 11.5 Å². The molecule has 1 unspecified atom stereocenters. The maximum atomic E-state index is 5.26. The van der Waals surface area contributed by atoms with Gasteiger partial charge in [0.05, 0.1) is 14.2 Å². The van der Waals surface area contributed by atoms with Gasteiger partial charge in [0.2, 0.25) is 0 Å². The summed E-state index contributed by atoms with van der Waals surface area (Å²) in [6, 6.07) is 6.32. The van der Waals surface area contributed by atoms with E-state index >= 15 is 0 Å². The van der Waals surface area contributed by atoms with Gasteiger partial charge in [-0.3, -0.25) is 0 Å². The van der Waals surface area contributed by atoms with Gasteiger partial charge in [-0.2, -0.15) is 0 Å². The highest BCUT2D eigenvalue weighted by Gasteiger charge is 2.06. The van der Waals surface area contributed by atoms with Crippen LogP contribution in [-0.2, 0) is 0 Å². The van der Waals surface area contributed by atoms with Gasteiger partial charge < -0.3 is 14.8 Å². The number of rotatable bonds is 7. The minimum absolute atomic E-state index is 0.448. The molecule has 3 nitrogen and oxygen atoms in total. The zero-order chi connectivity index (χ0) is 13.5. The van der Waals surface area contributed by atoms with Gasteiger partial charge >= 0.3 is 0 Å². The maximum absolute atomic E-state index is 5.26. The molecular formula is C15H25NO2. The molecule has 0 heterocycles. The van der Waals surface area contributed by atoms with Gasteiger partial charge in [0.25, 0.3) is 0 Å². The lowest BCUT2D eigenvalue weighted by Crippen LogP contribution is -2.15. The smallest absolute Gasteiger partial charge is 0.124 e. The SMILES string of the molecule is COc1cc(NC(C)CCC(C)C)cc(OC)c1. The predicted molar refractivity (Wildman–Crippen MR) is 76.7 cm³/mol. The van der Waals surface area contributed by atoms with Crippen LogP contribution in [-0.4, -0.2) is 20.3 Å². The Kier molecular flexibility index (Phi) is 5.83. The van der Waals surface area contributed by atoms with Gasteiger partial charge in [-0.1, -0.05) is 13.8 Å². The molecule has 0 aliphatic rings. The molecule has 0 saturated carbocycles. The number of methoxy groups -OCH3 is 2. The molecule has 1 aromatic rings.